The molecule has 0 spiro atoms. The van der Waals surface area contributed by atoms with Crippen molar-refractivity contribution in [3.8, 4) is 0 Å². The minimum Gasteiger partial charge on any atom is -0.380 e. The zero-order valence-electron chi connectivity index (χ0n) is 8.92. The zero-order valence-corrected chi connectivity index (χ0v) is 8.92. The van der Waals surface area contributed by atoms with Crippen molar-refractivity contribution in [2.24, 2.45) is 0 Å². The summed E-state index contributed by atoms with van der Waals surface area (Å²) in [4.78, 5) is 7.22. The Morgan fingerprint density at radius 2 is 2.50 bits per heavy atom. The van der Waals surface area contributed by atoms with E-state index in [4.69, 9.17) is 4.74 Å². The number of aromatic nitrogens is 2. The number of imidazole rings is 1. The largest absolute Gasteiger partial charge is 0.380 e. The molecule has 4 heteroatoms. The molecule has 1 rings (SSSR count). The van der Waals surface area contributed by atoms with Gasteiger partial charge in [-0.15, -0.1) is 0 Å². The monoisotopic (exact) mass is 197 g/mol. The van der Waals surface area contributed by atoms with Crippen molar-refractivity contribution >= 4 is 0 Å². The maximum Gasteiger partial charge on any atom is 0.107 e. The molecule has 0 amide bonds. The average molecular weight is 197 g/mol. The lowest BCUT2D eigenvalue weighted by atomic mass is 10.3. The Labute approximate surface area is 85.1 Å². The van der Waals surface area contributed by atoms with Crippen LogP contribution in [0.1, 0.15) is 19.7 Å². The summed E-state index contributed by atoms with van der Waals surface area (Å²) in [7, 11) is 0. The highest BCUT2D eigenvalue weighted by atomic mass is 16.5. The lowest BCUT2D eigenvalue weighted by molar-refractivity contribution is 0.127. The molecule has 1 aromatic heterocycles. The topological polar surface area (TPSA) is 49.9 Å². The molecule has 0 bridgehead atoms. The molecule has 0 aliphatic rings. The van der Waals surface area contributed by atoms with Crippen molar-refractivity contribution in [1.29, 1.82) is 0 Å². The van der Waals surface area contributed by atoms with Crippen LogP contribution in [0, 0.1) is 0 Å². The Morgan fingerprint density at radius 1 is 1.64 bits per heavy atom. The predicted octanol–water partition coefficient (Wildman–Crippen LogP) is 0.967. The van der Waals surface area contributed by atoms with Crippen LogP contribution in [0.4, 0.5) is 0 Å². The van der Waals surface area contributed by atoms with E-state index in [1.165, 1.54) is 0 Å². The van der Waals surface area contributed by atoms with Gasteiger partial charge in [0.2, 0.25) is 0 Å². The van der Waals surface area contributed by atoms with Crippen molar-refractivity contribution < 1.29 is 4.74 Å². The average Bonchev–Trinajstić information content (AvgIpc) is 2.67. The third-order valence-electron chi connectivity index (χ3n) is 1.98. The van der Waals surface area contributed by atoms with Gasteiger partial charge in [-0.3, -0.25) is 0 Å². The molecule has 14 heavy (non-hydrogen) atoms. The number of aromatic amines is 1. The summed E-state index contributed by atoms with van der Waals surface area (Å²) in [6.07, 6.45) is 4.56. The van der Waals surface area contributed by atoms with Crippen molar-refractivity contribution in [1.82, 2.24) is 15.3 Å². The van der Waals surface area contributed by atoms with Crippen LogP contribution in [-0.2, 0) is 11.2 Å². The molecular weight excluding hydrogens is 178 g/mol. The summed E-state index contributed by atoms with van der Waals surface area (Å²) in [5.41, 5.74) is 0. The third-order valence-corrected chi connectivity index (χ3v) is 1.98. The molecule has 1 heterocycles. The number of nitrogens with one attached hydrogen (secondary N) is 2. The Balaban J connectivity index is 2.03. The van der Waals surface area contributed by atoms with Gasteiger partial charge in [-0.05, 0) is 13.8 Å². The van der Waals surface area contributed by atoms with Crippen molar-refractivity contribution in [2.45, 2.75) is 26.3 Å². The van der Waals surface area contributed by atoms with Gasteiger partial charge in [0.05, 0.1) is 6.61 Å². The van der Waals surface area contributed by atoms with E-state index in [2.05, 4.69) is 22.2 Å². The number of nitrogens with zero attached hydrogens (tertiary/aromatic N) is 1. The zero-order chi connectivity index (χ0) is 10.2. The van der Waals surface area contributed by atoms with E-state index in [1.807, 2.05) is 13.1 Å². The second kappa shape index (κ2) is 6.56. The maximum absolute atomic E-state index is 5.30. The highest BCUT2D eigenvalue weighted by Crippen LogP contribution is 1.90. The van der Waals surface area contributed by atoms with Gasteiger partial charge < -0.3 is 15.0 Å². The molecule has 0 aromatic carbocycles. The lowest BCUT2D eigenvalue weighted by Gasteiger charge is -2.12. The maximum atomic E-state index is 5.30. The summed E-state index contributed by atoms with van der Waals surface area (Å²) in [5.74, 6) is 1.03. The molecule has 0 saturated heterocycles. The highest BCUT2D eigenvalue weighted by molar-refractivity contribution is 4.87. The first kappa shape index (κ1) is 11.2. The first-order valence-corrected chi connectivity index (χ1v) is 5.12. The van der Waals surface area contributed by atoms with Crippen LogP contribution in [0.2, 0.25) is 0 Å². The van der Waals surface area contributed by atoms with E-state index in [0.717, 1.165) is 32.0 Å². The first-order chi connectivity index (χ1) is 6.83. The fourth-order valence-electron chi connectivity index (χ4n) is 1.23. The second-order valence-electron chi connectivity index (χ2n) is 3.30. The normalized spacial score (nSPS) is 13.0. The van der Waals surface area contributed by atoms with Crippen LogP contribution in [-0.4, -0.2) is 35.8 Å². The molecular formula is C10H19N3O. The molecule has 4 nitrogen and oxygen atoms in total. The van der Waals surface area contributed by atoms with Gasteiger partial charge >= 0.3 is 0 Å². The summed E-state index contributed by atoms with van der Waals surface area (Å²) >= 11 is 0. The van der Waals surface area contributed by atoms with E-state index >= 15 is 0 Å². The number of ether oxygens (including phenoxy) is 1. The van der Waals surface area contributed by atoms with Gasteiger partial charge in [0.15, 0.2) is 0 Å². The molecule has 1 unspecified atom stereocenters. The van der Waals surface area contributed by atoms with Gasteiger partial charge in [-0.2, -0.15) is 0 Å². The lowest BCUT2D eigenvalue weighted by Crippen LogP contribution is -2.32. The Hall–Kier alpha value is -0.870. The van der Waals surface area contributed by atoms with Gasteiger partial charge in [-0.25, -0.2) is 4.98 Å². The van der Waals surface area contributed by atoms with Crippen molar-refractivity contribution in [3.63, 3.8) is 0 Å². The fourth-order valence-corrected chi connectivity index (χ4v) is 1.23. The Kier molecular flexibility index (Phi) is 5.25. The number of H-pyrrole nitrogens is 1. The standard InChI is InChI=1S/C10H19N3O/c1-3-14-8-9(2)11-5-4-10-12-6-7-13-10/h6-7,9,11H,3-5,8H2,1-2H3,(H,12,13). The predicted molar refractivity (Wildman–Crippen MR) is 56.2 cm³/mol. The molecule has 0 radical (unpaired) electrons. The number of rotatable bonds is 7. The van der Waals surface area contributed by atoms with Crippen LogP contribution < -0.4 is 5.32 Å². The van der Waals surface area contributed by atoms with Crippen LogP contribution in [0.3, 0.4) is 0 Å². The van der Waals surface area contributed by atoms with E-state index in [-0.39, 0.29) is 0 Å². The fraction of sp³-hybridized carbons (Fsp3) is 0.700. The van der Waals surface area contributed by atoms with Crippen LogP contribution >= 0.6 is 0 Å². The SMILES string of the molecule is CCOCC(C)NCCc1ncc[nH]1. The van der Waals surface area contributed by atoms with E-state index in [0.29, 0.717) is 6.04 Å². The summed E-state index contributed by atoms with van der Waals surface area (Å²) in [5, 5.41) is 3.37. The van der Waals surface area contributed by atoms with Gasteiger partial charge in [0, 0.05) is 38.0 Å². The van der Waals surface area contributed by atoms with E-state index < -0.39 is 0 Å². The van der Waals surface area contributed by atoms with Crippen LogP contribution in [0.15, 0.2) is 12.4 Å². The summed E-state index contributed by atoms with van der Waals surface area (Å²) in [6, 6.07) is 0.407. The Bertz CT molecular complexity index is 223. The molecule has 80 valence electrons. The van der Waals surface area contributed by atoms with Crippen LogP contribution in [0.25, 0.3) is 0 Å². The van der Waals surface area contributed by atoms with E-state index in [9.17, 15) is 0 Å². The van der Waals surface area contributed by atoms with Gasteiger partial charge in [0.1, 0.15) is 5.82 Å². The first-order valence-electron chi connectivity index (χ1n) is 5.12. The minimum atomic E-state index is 0.407. The number of hydrogen-bond donors (Lipinski definition) is 2. The van der Waals surface area contributed by atoms with Crippen molar-refractivity contribution in [3.05, 3.63) is 18.2 Å². The minimum absolute atomic E-state index is 0.407. The summed E-state index contributed by atoms with van der Waals surface area (Å²) < 4.78 is 5.30. The molecule has 0 aliphatic heterocycles. The number of hydrogen-bond acceptors (Lipinski definition) is 3. The molecule has 2 N–H and O–H groups in total. The van der Waals surface area contributed by atoms with E-state index in [1.54, 1.807) is 6.20 Å². The van der Waals surface area contributed by atoms with Gasteiger partial charge in [-0.1, -0.05) is 0 Å². The summed E-state index contributed by atoms with van der Waals surface area (Å²) in [6.45, 7) is 6.62. The molecule has 0 fully saturated rings. The smallest absolute Gasteiger partial charge is 0.107 e. The highest BCUT2D eigenvalue weighted by Gasteiger charge is 2.00. The molecule has 0 saturated carbocycles. The quantitative estimate of drug-likeness (QED) is 0.684. The van der Waals surface area contributed by atoms with Gasteiger partial charge in [0.25, 0.3) is 0 Å². The Morgan fingerprint density at radius 3 is 3.14 bits per heavy atom. The third kappa shape index (κ3) is 4.39. The second-order valence-corrected chi connectivity index (χ2v) is 3.30. The molecule has 1 atom stereocenters. The van der Waals surface area contributed by atoms with Crippen molar-refractivity contribution in [2.75, 3.05) is 19.8 Å². The molecule has 1 aromatic rings. The van der Waals surface area contributed by atoms with Crippen LogP contribution in [0.5, 0.6) is 0 Å². The molecule has 0 aliphatic carbocycles.